The van der Waals surface area contributed by atoms with Crippen LogP contribution in [0.3, 0.4) is 0 Å². The zero-order chi connectivity index (χ0) is 28.1. The molecule has 0 amide bonds. The summed E-state index contributed by atoms with van der Waals surface area (Å²) in [5, 5.41) is 14.4. The van der Waals surface area contributed by atoms with Gasteiger partial charge in [-0.1, -0.05) is 37.6 Å². The van der Waals surface area contributed by atoms with E-state index < -0.39 is 0 Å². The second kappa shape index (κ2) is 12.0. The monoisotopic (exact) mass is 544 g/mol. The van der Waals surface area contributed by atoms with Crippen LogP contribution in [-0.4, -0.2) is 36.2 Å². The van der Waals surface area contributed by atoms with Crippen molar-refractivity contribution in [3.8, 4) is 34.7 Å². The molecule has 0 radical (unpaired) electrons. The molecule has 0 aliphatic carbocycles. The minimum atomic E-state index is -0.334. The molecule has 0 aliphatic rings. The van der Waals surface area contributed by atoms with Gasteiger partial charge in [0, 0.05) is 22.2 Å². The van der Waals surface area contributed by atoms with Gasteiger partial charge in [0.15, 0.2) is 23.9 Å². The maximum absolute atomic E-state index is 13.7. The quantitative estimate of drug-likeness (QED) is 0.228. The Balaban J connectivity index is 1.98. The summed E-state index contributed by atoms with van der Waals surface area (Å²) in [6.07, 6.45) is 1.45. The van der Waals surface area contributed by atoms with E-state index in [1.54, 1.807) is 30.3 Å². The Morgan fingerprint density at radius 2 is 1.92 bits per heavy atom. The number of methoxy groups -OCH3 is 1. The Morgan fingerprint density at radius 1 is 1.15 bits per heavy atom. The average Bonchev–Trinajstić information content (AvgIpc) is 2.91. The summed E-state index contributed by atoms with van der Waals surface area (Å²) in [6.45, 7) is 8.42. The lowest BCUT2D eigenvalue weighted by Gasteiger charge is -2.18. The number of halogens is 1. The Bertz CT molecular complexity index is 1650. The average molecular weight is 545 g/mol. The molecule has 0 aliphatic heterocycles. The van der Waals surface area contributed by atoms with Gasteiger partial charge < -0.3 is 14.2 Å². The molecule has 0 fully saturated rings. The lowest BCUT2D eigenvalue weighted by Crippen LogP contribution is -2.21. The summed E-state index contributed by atoms with van der Waals surface area (Å²) >= 11 is 6.31. The molecule has 9 heteroatoms. The SMILES string of the molecule is CCOc1cc(C)c(-c2nc3ccccc3c(=O)n2N=Cc2cc(Cl)cc(OC)c2OCC#N)cc1C(C)C. The second-order valence-corrected chi connectivity index (χ2v) is 9.52. The van der Waals surface area contributed by atoms with Crippen LogP contribution in [0.5, 0.6) is 17.2 Å². The van der Waals surface area contributed by atoms with Gasteiger partial charge in [-0.05, 0) is 61.2 Å². The fourth-order valence-electron chi connectivity index (χ4n) is 4.29. The molecule has 200 valence electrons. The van der Waals surface area contributed by atoms with Gasteiger partial charge in [0.2, 0.25) is 0 Å². The smallest absolute Gasteiger partial charge is 0.282 e. The van der Waals surface area contributed by atoms with Crippen molar-refractivity contribution in [1.29, 1.82) is 5.26 Å². The Kier molecular flexibility index (Phi) is 8.52. The van der Waals surface area contributed by atoms with Crippen molar-refractivity contribution in [3.63, 3.8) is 0 Å². The van der Waals surface area contributed by atoms with E-state index in [0.717, 1.165) is 22.4 Å². The van der Waals surface area contributed by atoms with Crippen LogP contribution in [0.4, 0.5) is 0 Å². The maximum Gasteiger partial charge on any atom is 0.282 e. The summed E-state index contributed by atoms with van der Waals surface area (Å²) < 4.78 is 18.2. The molecule has 0 unspecified atom stereocenters. The molecule has 0 spiro atoms. The predicted molar refractivity (Wildman–Crippen MR) is 154 cm³/mol. The van der Waals surface area contributed by atoms with Gasteiger partial charge in [-0.15, -0.1) is 0 Å². The van der Waals surface area contributed by atoms with E-state index in [0.29, 0.717) is 39.7 Å². The van der Waals surface area contributed by atoms with Crippen molar-refractivity contribution in [3.05, 3.63) is 80.6 Å². The molecular formula is C30H29ClN4O4. The van der Waals surface area contributed by atoms with Gasteiger partial charge in [-0.2, -0.15) is 15.0 Å². The zero-order valence-electron chi connectivity index (χ0n) is 22.5. The highest BCUT2D eigenvalue weighted by molar-refractivity contribution is 6.31. The highest BCUT2D eigenvalue weighted by atomic mass is 35.5. The predicted octanol–water partition coefficient (Wildman–Crippen LogP) is 6.34. The van der Waals surface area contributed by atoms with Gasteiger partial charge in [0.05, 0.1) is 30.8 Å². The molecule has 3 aromatic carbocycles. The highest BCUT2D eigenvalue weighted by Gasteiger charge is 2.19. The van der Waals surface area contributed by atoms with Crippen LogP contribution in [-0.2, 0) is 0 Å². The van der Waals surface area contributed by atoms with Crippen molar-refractivity contribution in [2.24, 2.45) is 5.10 Å². The first kappa shape index (κ1) is 27.7. The van der Waals surface area contributed by atoms with E-state index >= 15 is 0 Å². The summed E-state index contributed by atoms with van der Waals surface area (Å²) in [5.74, 6) is 1.99. The molecule has 1 heterocycles. The second-order valence-electron chi connectivity index (χ2n) is 9.08. The van der Waals surface area contributed by atoms with Crippen molar-refractivity contribution < 1.29 is 14.2 Å². The highest BCUT2D eigenvalue weighted by Crippen LogP contribution is 2.35. The Labute approximate surface area is 232 Å². The summed E-state index contributed by atoms with van der Waals surface area (Å²) in [7, 11) is 1.47. The van der Waals surface area contributed by atoms with Crippen molar-refractivity contribution in [2.75, 3.05) is 20.3 Å². The molecule has 0 saturated heterocycles. The fourth-order valence-corrected chi connectivity index (χ4v) is 4.51. The molecule has 1 aromatic heterocycles. The summed E-state index contributed by atoms with van der Waals surface area (Å²) in [6, 6.07) is 16.3. The first-order chi connectivity index (χ1) is 18.8. The molecule has 0 N–H and O–H groups in total. The van der Waals surface area contributed by atoms with E-state index in [-0.39, 0.29) is 23.8 Å². The third-order valence-electron chi connectivity index (χ3n) is 6.13. The minimum Gasteiger partial charge on any atom is -0.494 e. The van der Waals surface area contributed by atoms with Crippen LogP contribution < -0.4 is 19.8 Å². The lowest BCUT2D eigenvalue weighted by atomic mass is 9.96. The number of hydrogen-bond donors (Lipinski definition) is 0. The van der Waals surface area contributed by atoms with Crippen LogP contribution in [0.25, 0.3) is 22.3 Å². The molecule has 0 bridgehead atoms. The standard InChI is InChI=1S/C30H29ClN4O4/c1-6-38-26-13-19(4)24(16-23(26)18(2)3)29-34-25-10-8-7-9-22(25)30(36)35(29)33-17-20-14-21(31)15-27(37-5)28(20)39-12-11-32/h7-10,13-18H,6,12H2,1-5H3. The molecule has 39 heavy (non-hydrogen) atoms. The number of fused-ring (bicyclic) bond motifs is 1. The number of rotatable bonds is 9. The number of aryl methyl sites for hydroxylation is 1. The first-order valence-corrected chi connectivity index (χ1v) is 12.9. The number of nitriles is 1. The molecule has 0 atom stereocenters. The molecule has 8 nitrogen and oxygen atoms in total. The number of aromatic nitrogens is 2. The number of hydrogen-bond acceptors (Lipinski definition) is 7. The van der Waals surface area contributed by atoms with Crippen molar-refractivity contribution >= 4 is 28.7 Å². The normalized spacial score (nSPS) is 11.2. The number of para-hydroxylation sites is 1. The van der Waals surface area contributed by atoms with Crippen LogP contribution in [0, 0.1) is 18.3 Å². The van der Waals surface area contributed by atoms with E-state index in [1.807, 2.05) is 38.1 Å². The maximum atomic E-state index is 13.7. The zero-order valence-corrected chi connectivity index (χ0v) is 23.2. The van der Waals surface area contributed by atoms with Gasteiger partial charge in [-0.25, -0.2) is 4.98 Å². The Hall–Kier alpha value is -4.35. The van der Waals surface area contributed by atoms with E-state index in [4.69, 9.17) is 36.1 Å². The van der Waals surface area contributed by atoms with E-state index in [1.165, 1.54) is 18.0 Å². The minimum absolute atomic E-state index is 0.175. The van der Waals surface area contributed by atoms with Gasteiger partial charge in [0.1, 0.15) is 11.8 Å². The van der Waals surface area contributed by atoms with Gasteiger partial charge in [0.25, 0.3) is 5.56 Å². The number of benzene rings is 3. The Morgan fingerprint density at radius 3 is 2.62 bits per heavy atom. The molecule has 4 aromatic rings. The fraction of sp³-hybridized carbons (Fsp3) is 0.267. The topological polar surface area (TPSA) is 98.7 Å². The van der Waals surface area contributed by atoms with Gasteiger partial charge in [-0.3, -0.25) is 4.79 Å². The van der Waals surface area contributed by atoms with Crippen molar-refractivity contribution in [1.82, 2.24) is 9.66 Å². The summed E-state index contributed by atoms with van der Waals surface area (Å²) in [5.41, 5.74) is 3.31. The summed E-state index contributed by atoms with van der Waals surface area (Å²) in [4.78, 5) is 18.6. The van der Waals surface area contributed by atoms with E-state index in [2.05, 4.69) is 18.9 Å². The van der Waals surface area contributed by atoms with E-state index in [9.17, 15) is 4.79 Å². The third kappa shape index (κ3) is 5.74. The van der Waals surface area contributed by atoms with Crippen LogP contribution in [0.1, 0.15) is 43.4 Å². The number of ether oxygens (including phenoxy) is 3. The third-order valence-corrected chi connectivity index (χ3v) is 6.35. The molecular weight excluding hydrogens is 516 g/mol. The van der Waals surface area contributed by atoms with Crippen LogP contribution >= 0.6 is 11.6 Å². The van der Waals surface area contributed by atoms with Crippen molar-refractivity contribution in [2.45, 2.75) is 33.6 Å². The van der Waals surface area contributed by atoms with Crippen LogP contribution in [0.2, 0.25) is 5.02 Å². The largest absolute Gasteiger partial charge is 0.494 e. The molecule has 0 saturated carbocycles. The van der Waals surface area contributed by atoms with Gasteiger partial charge >= 0.3 is 0 Å². The lowest BCUT2D eigenvalue weighted by molar-refractivity contribution is 0.329. The molecule has 4 rings (SSSR count). The van der Waals surface area contributed by atoms with Crippen LogP contribution in [0.15, 0.2) is 58.4 Å². The first-order valence-electron chi connectivity index (χ1n) is 12.5. The number of nitrogens with zero attached hydrogens (tertiary/aromatic N) is 4.